The van der Waals surface area contributed by atoms with E-state index in [-0.39, 0.29) is 17.7 Å². The Kier molecular flexibility index (Phi) is 5.44. The highest BCUT2D eigenvalue weighted by Gasteiger charge is 2.29. The number of aliphatic hydroxyl groups is 1. The zero-order valence-corrected chi connectivity index (χ0v) is 16.0. The molecular weight excluding hydrogens is 352 g/mol. The van der Waals surface area contributed by atoms with Gasteiger partial charge in [0.1, 0.15) is 0 Å². The Morgan fingerprint density at radius 2 is 1.64 bits per heavy atom. The highest BCUT2D eigenvalue weighted by atomic mass is 16.3. The molecule has 1 N–H and O–H groups in total. The smallest absolute Gasteiger partial charge is 0.253 e. The number of hydrogen-bond donors (Lipinski definition) is 1. The highest BCUT2D eigenvalue weighted by molar-refractivity contribution is 5.97. The van der Waals surface area contributed by atoms with Crippen LogP contribution >= 0.6 is 0 Å². The van der Waals surface area contributed by atoms with Crippen LogP contribution in [-0.4, -0.2) is 41.5 Å². The van der Waals surface area contributed by atoms with Crippen molar-refractivity contribution in [3.8, 4) is 0 Å². The van der Waals surface area contributed by atoms with Gasteiger partial charge in [-0.3, -0.25) is 9.59 Å². The normalized spacial score (nSPS) is 19.1. The predicted octanol–water partition coefficient (Wildman–Crippen LogP) is 3.40. The number of hydrogen-bond acceptors (Lipinski definition) is 3. The summed E-state index contributed by atoms with van der Waals surface area (Å²) in [5.74, 6) is 0.347. The van der Waals surface area contributed by atoms with Gasteiger partial charge in [-0.2, -0.15) is 0 Å². The van der Waals surface area contributed by atoms with E-state index in [1.807, 2.05) is 59.5 Å². The predicted molar refractivity (Wildman–Crippen MR) is 108 cm³/mol. The van der Waals surface area contributed by atoms with Crippen LogP contribution in [-0.2, 0) is 4.79 Å². The zero-order valence-electron chi connectivity index (χ0n) is 16.0. The van der Waals surface area contributed by atoms with Crippen LogP contribution in [0, 0.1) is 5.92 Å². The third-order valence-corrected chi connectivity index (χ3v) is 5.91. The maximum Gasteiger partial charge on any atom is 0.253 e. The van der Waals surface area contributed by atoms with E-state index in [2.05, 4.69) is 0 Å². The fourth-order valence-electron chi connectivity index (χ4n) is 4.23. The van der Waals surface area contributed by atoms with Crippen LogP contribution in [0.5, 0.6) is 0 Å². The van der Waals surface area contributed by atoms with Gasteiger partial charge in [-0.05, 0) is 55.0 Å². The van der Waals surface area contributed by atoms with Crippen molar-refractivity contribution in [3.05, 3.63) is 65.7 Å². The molecule has 0 unspecified atom stereocenters. The molecule has 2 aliphatic rings. The van der Waals surface area contributed by atoms with E-state index in [1.54, 1.807) is 4.90 Å². The molecule has 2 aromatic rings. The number of likely N-dealkylation sites (tertiary alicyclic amines) is 1. The molecule has 2 heterocycles. The second-order valence-electron chi connectivity index (χ2n) is 7.68. The lowest BCUT2D eigenvalue weighted by molar-refractivity contribution is -0.117. The Balaban J connectivity index is 1.35. The average Bonchev–Trinajstić information content (AvgIpc) is 3.19. The van der Waals surface area contributed by atoms with Gasteiger partial charge in [-0.15, -0.1) is 0 Å². The van der Waals surface area contributed by atoms with Crippen molar-refractivity contribution in [1.29, 1.82) is 0 Å². The number of nitrogens with zero attached hydrogens (tertiary/aromatic N) is 2. The Morgan fingerprint density at radius 3 is 2.25 bits per heavy atom. The number of piperidine rings is 1. The van der Waals surface area contributed by atoms with E-state index < -0.39 is 6.10 Å². The molecule has 0 saturated carbocycles. The molecule has 5 heteroatoms. The van der Waals surface area contributed by atoms with Crippen LogP contribution in [0.15, 0.2) is 54.6 Å². The van der Waals surface area contributed by atoms with Crippen molar-refractivity contribution in [2.45, 2.75) is 31.8 Å². The summed E-state index contributed by atoms with van der Waals surface area (Å²) >= 11 is 0. The number of aliphatic hydroxyl groups excluding tert-OH is 1. The Morgan fingerprint density at radius 1 is 0.964 bits per heavy atom. The number of rotatable bonds is 4. The number of amides is 2. The first-order chi connectivity index (χ1) is 13.6. The molecule has 146 valence electrons. The lowest BCUT2D eigenvalue weighted by Crippen LogP contribution is -2.39. The molecule has 0 aromatic heterocycles. The van der Waals surface area contributed by atoms with Gasteiger partial charge in [-0.25, -0.2) is 0 Å². The molecule has 1 atom stereocenters. The lowest BCUT2D eigenvalue weighted by atomic mass is 9.87. The molecule has 0 bridgehead atoms. The topological polar surface area (TPSA) is 60.9 Å². The van der Waals surface area contributed by atoms with E-state index in [0.29, 0.717) is 25.1 Å². The quantitative estimate of drug-likeness (QED) is 0.887. The van der Waals surface area contributed by atoms with Gasteiger partial charge >= 0.3 is 0 Å². The van der Waals surface area contributed by atoms with Crippen LogP contribution < -0.4 is 4.90 Å². The SMILES string of the molecule is O=C(c1ccc(N2CCCC2=O)cc1)N1CCC([C@H](O)c2ccccc2)CC1. The summed E-state index contributed by atoms with van der Waals surface area (Å²) in [5.41, 5.74) is 2.46. The molecule has 2 fully saturated rings. The van der Waals surface area contributed by atoms with E-state index >= 15 is 0 Å². The second-order valence-corrected chi connectivity index (χ2v) is 7.68. The number of benzene rings is 2. The van der Waals surface area contributed by atoms with Gasteiger partial charge in [0.25, 0.3) is 5.91 Å². The van der Waals surface area contributed by atoms with Crippen molar-refractivity contribution >= 4 is 17.5 Å². The summed E-state index contributed by atoms with van der Waals surface area (Å²) in [7, 11) is 0. The van der Waals surface area contributed by atoms with Crippen molar-refractivity contribution in [2.24, 2.45) is 5.92 Å². The number of carbonyl (C=O) groups excluding carboxylic acids is 2. The first-order valence-corrected chi connectivity index (χ1v) is 10.1. The number of carbonyl (C=O) groups is 2. The van der Waals surface area contributed by atoms with Crippen LogP contribution in [0.1, 0.15) is 47.7 Å². The van der Waals surface area contributed by atoms with Crippen LogP contribution in [0.4, 0.5) is 5.69 Å². The summed E-state index contributed by atoms with van der Waals surface area (Å²) in [4.78, 5) is 28.3. The average molecular weight is 378 g/mol. The molecule has 2 saturated heterocycles. The molecule has 2 aliphatic heterocycles. The van der Waals surface area contributed by atoms with Crippen LogP contribution in [0.2, 0.25) is 0 Å². The fraction of sp³-hybridized carbons (Fsp3) is 0.391. The third kappa shape index (κ3) is 3.80. The minimum Gasteiger partial charge on any atom is -0.388 e. The zero-order chi connectivity index (χ0) is 19.5. The summed E-state index contributed by atoms with van der Waals surface area (Å²) in [6, 6.07) is 17.1. The summed E-state index contributed by atoms with van der Waals surface area (Å²) in [6.07, 6.45) is 2.61. The standard InChI is InChI=1S/C23H26N2O3/c26-21-7-4-14-25(21)20-10-8-19(9-11-20)23(28)24-15-12-18(13-16-24)22(27)17-5-2-1-3-6-17/h1-3,5-6,8-11,18,22,27H,4,7,12-16H2/t22-/m1/s1. The van der Waals surface area contributed by atoms with E-state index in [9.17, 15) is 14.7 Å². The third-order valence-electron chi connectivity index (χ3n) is 5.91. The molecule has 0 radical (unpaired) electrons. The van der Waals surface area contributed by atoms with Crippen LogP contribution in [0.25, 0.3) is 0 Å². The van der Waals surface area contributed by atoms with Gasteiger partial charge in [0, 0.05) is 37.3 Å². The van der Waals surface area contributed by atoms with E-state index in [4.69, 9.17) is 0 Å². The Bertz CT molecular complexity index is 827. The fourth-order valence-corrected chi connectivity index (χ4v) is 4.23. The largest absolute Gasteiger partial charge is 0.388 e. The molecule has 2 aromatic carbocycles. The number of anilines is 1. The van der Waals surface area contributed by atoms with Gasteiger partial charge in [0.15, 0.2) is 0 Å². The van der Waals surface area contributed by atoms with Gasteiger partial charge in [0.2, 0.25) is 5.91 Å². The van der Waals surface area contributed by atoms with Gasteiger partial charge < -0.3 is 14.9 Å². The minimum absolute atomic E-state index is 0.0203. The Labute approximate surface area is 165 Å². The minimum atomic E-state index is -0.476. The maximum absolute atomic E-state index is 12.8. The molecular formula is C23H26N2O3. The maximum atomic E-state index is 12.8. The Hall–Kier alpha value is -2.66. The molecule has 4 rings (SSSR count). The van der Waals surface area contributed by atoms with Crippen molar-refractivity contribution in [1.82, 2.24) is 4.90 Å². The van der Waals surface area contributed by atoms with Crippen molar-refractivity contribution < 1.29 is 14.7 Å². The monoisotopic (exact) mass is 378 g/mol. The van der Waals surface area contributed by atoms with E-state index in [0.717, 1.165) is 37.1 Å². The van der Waals surface area contributed by atoms with Crippen LogP contribution in [0.3, 0.4) is 0 Å². The van der Waals surface area contributed by atoms with Gasteiger partial charge in [0.05, 0.1) is 6.10 Å². The van der Waals surface area contributed by atoms with Gasteiger partial charge in [-0.1, -0.05) is 30.3 Å². The van der Waals surface area contributed by atoms with E-state index in [1.165, 1.54) is 0 Å². The summed E-state index contributed by atoms with van der Waals surface area (Å²) in [6.45, 7) is 2.06. The summed E-state index contributed by atoms with van der Waals surface area (Å²) < 4.78 is 0. The first kappa shape index (κ1) is 18.7. The first-order valence-electron chi connectivity index (χ1n) is 10.1. The molecule has 5 nitrogen and oxygen atoms in total. The molecule has 0 aliphatic carbocycles. The molecule has 0 spiro atoms. The van der Waals surface area contributed by atoms with Crippen molar-refractivity contribution in [2.75, 3.05) is 24.5 Å². The second kappa shape index (κ2) is 8.15. The summed E-state index contributed by atoms with van der Waals surface area (Å²) in [5, 5.41) is 10.6. The molecule has 2 amide bonds. The van der Waals surface area contributed by atoms with Crippen molar-refractivity contribution in [3.63, 3.8) is 0 Å². The molecule has 28 heavy (non-hydrogen) atoms. The highest BCUT2D eigenvalue weighted by Crippen LogP contribution is 2.31. The lowest BCUT2D eigenvalue weighted by Gasteiger charge is -2.34.